The first-order valence-corrected chi connectivity index (χ1v) is 6.38. The van der Waals surface area contributed by atoms with Crippen LogP contribution in [0.4, 0.5) is 5.69 Å². The van der Waals surface area contributed by atoms with E-state index in [1.807, 2.05) is 6.92 Å². The fraction of sp³-hybridized carbons (Fsp3) is 0.429. The first-order valence-electron chi connectivity index (χ1n) is 6.38. The van der Waals surface area contributed by atoms with E-state index in [1.165, 1.54) is 4.90 Å². The molecule has 1 aliphatic heterocycles. The Morgan fingerprint density at radius 2 is 2.16 bits per heavy atom. The van der Waals surface area contributed by atoms with Crippen LogP contribution in [0.1, 0.15) is 30.1 Å². The molecule has 19 heavy (non-hydrogen) atoms. The van der Waals surface area contributed by atoms with Crippen molar-refractivity contribution in [3.05, 3.63) is 29.8 Å². The third-order valence-corrected chi connectivity index (χ3v) is 3.54. The number of piperidine rings is 1. The maximum Gasteiger partial charge on any atom is 0.326 e. The minimum Gasteiger partial charge on any atom is -0.480 e. The second-order valence-corrected chi connectivity index (χ2v) is 5.11. The molecule has 0 radical (unpaired) electrons. The molecule has 102 valence electrons. The number of nitrogens with zero attached hydrogens (tertiary/aromatic N) is 1. The molecule has 1 fully saturated rings. The minimum atomic E-state index is -0.941. The molecule has 1 aliphatic rings. The van der Waals surface area contributed by atoms with Gasteiger partial charge in [-0.05, 0) is 37.0 Å². The highest BCUT2D eigenvalue weighted by Gasteiger charge is 2.35. The molecule has 1 saturated heterocycles. The normalized spacial score (nSPS) is 23.1. The average molecular weight is 262 g/mol. The Morgan fingerprint density at radius 3 is 2.79 bits per heavy atom. The monoisotopic (exact) mass is 262 g/mol. The van der Waals surface area contributed by atoms with Gasteiger partial charge in [0, 0.05) is 17.8 Å². The summed E-state index contributed by atoms with van der Waals surface area (Å²) in [5.41, 5.74) is 6.60. The highest BCUT2D eigenvalue weighted by atomic mass is 16.4. The van der Waals surface area contributed by atoms with E-state index in [2.05, 4.69) is 0 Å². The number of carbonyl (C=O) groups is 2. The largest absolute Gasteiger partial charge is 0.480 e. The van der Waals surface area contributed by atoms with Gasteiger partial charge in [0.25, 0.3) is 5.91 Å². The summed E-state index contributed by atoms with van der Waals surface area (Å²) in [5.74, 6) is -0.874. The first kappa shape index (κ1) is 13.4. The summed E-state index contributed by atoms with van der Waals surface area (Å²) in [6.07, 6.45) is 1.33. The Hall–Kier alpha value is -2.04. The molecular formula is C14H18N2O3. The van der Waals surface area contributed by atoms with Gasteiger partial charge < -0.3 is 15.7 Å². The van der Waals surface area contributed by atoms with Crippen molar-refractivity contribution >= 4 is 17.6 Å². The molecule has 1 aromatic rings. The van der Waals surface area contributed by atoms with Crippen molar-refractivity contribution in [2.75, 3.05) is 12.3 Å². The summed E-state index contributed by atoms with van der Waals surface area (Å²) >= 11 is 0. The van der Waals surface area contributed by atoms with Crippen LogP contribution in [-0.4, -0.2) is 34.5 Å². The summed E-state index contributed by atoms with van der Waals surface area (Å²) in [5, 5.41) is 9.26. The van der Waals surface area contributed by atoms with Gasteiger partial charge in [0.2, 0.25) is 0 Å². The maximum absolute atomic E-state index is 12.4. The lowest BCUT2D eigenvalue weighted by molar-refractivity contribution is -0.144. The summed E-state index contributed by atoms with van der Waals surface area (Å²) < 4.78 is 0. The molecule has 2 rings (SSSR count). The number of rotatable bonds is 2. The Bertz CT molecular complexity index is 501. The number of nitrogens with two attached hydrogens (primary N) is 1. The number of hydrogen-bond acceptors (Lipinski definition) is 3. The summed E-state index contributed by atoms with van der Waals surface area (Å²) in [6, 6.07) is 5.90. The number of carbonyl (C=O) groups excluding carboxylic acids is 1. The van der Waals surface area contributed by atoms with Gasteiger partial charge in [-0.1, -0.05) is 13.0 Å². The third-order valence-electron chi connectivity index (χ3n) is 3.54. The van der Waals surface area contributed by atoms with Crippen LogP contribution in [-0.2, 0) is 4.79 Å². The predicted molar refractivity (Wildman–Crippen MR) is 71.7 cm³/mol. The summed E-state index contributed by atoms with van der Waals surface area (Å²) in [7, 11) is 0. The van der Waals surface area contributed by atoms with Crippen molar-refractivity contribution in [2.24, 2.45) is 5.92 Å². The molecule has 0 aromatic heterocycles. The van der Waals surface area contributed by atoms with Crippen LogP contribution in [0.3, 0.4) is 0 Å². The van der Waals surface area contributed by atoms with E-state index in [4.69, 9.17) is 5.73 Å². The van der Waals surface area contributed by atoms with E-state index < -0.39 is 12.0 Å². The van der Waals surface area contributed by atoms with Gasteiger partial charge >= 0.3 is 5.97 Å². The van der Waals surface area contributed by atoms with E-state index in [1.54, 1.807) is 24.3 Å². The van der Waals surface area contributed by atoms with Crippen molar-refractivity contribution in [1.29, 1.82) is 0 Å². The van der Waals surface area contributed by atoms with Crippen molar-refractivity contribution in [1.82, 2.24) is 4.90 Å². The van der Waals surface area contributed by atoms with Crippen molar-refractivity contribution in [2.45, 2.75) is 25.8 Å². The zero-order chi connectivity index (χ0) is 14.0. The summed E-state index contributed by atoms with van der Waals surface area (Å²) in [4.78, 5) is 25.1. The van der Waals surface area contributed by atoms with Crippen LogP contribution in [0.2, 0.25) is 0 Å². The second kappa shape index (κ2) is 5.30. The van der Waals surface area contributed by atoms with E-state index in [0.717, 1.165) is 6.42 Å². The molecular weight excluding hydrogens is 244 g/mol. The van der Waals surface area contributed by atoms with E-state index in [0.29, 0.717) is 30.1 Å². The Balaban J connectivity index is 2.24. The number of likely N-dealkylation sites (tertiary alicyclic amines) is 1. The number of hydrogen-bond donors (Lipinski definition) is 2. The van der Waals surface area contributed by atoms with Crippen LogP contribution in [0.5, 0.6) is 0 Å². The first-order chi connectivity index (χ1) is 8.99. The lowest BCUT2D eigenvalue weighted by Crippen LogP contribution is -2.49. The van der Waals surface area contributed by atoms with Crippen molar-refractivity contribution in [3.8, 4) is 0 Å². The van der Waals surface area contributed by atoms with Crippen LogP contribution >= 0.6 is 0 Å². The number of anilines is 1. The summed E-state index contributed by atoms with van der Waals surface area (Å²) in [6.45, 7) is 2.49. The second-order valence-electron chi connectivity index (χ2n) is 5.11. The molecule has 2 unspecified atom stereocenters. The quantitative estimate of drug-likeness (QED) is 0.793. The van der Waals surface area contributed by atoms with Gasteiger partial charge in [-0.25, -0.2) is 4.79 Å². The highest BCUT2D eigenvalue weighted by Crippen LogP contribution is 2.24. The van der Waals surface area contributed by atoms with Gasteiger partial charge in [0.15, 0.2) is 0 Å². The number of carboxylic acids is 1. The standard InChI is InChI=1S/C14H18N2O3/c1-9-5-6-16(12(7-9)14(18)19)13(17)10-3-2-4-11(15)8-10/h2-4,8-9,12H,5-7,15H2,1H3,(H,18,19). The SMILES string of the molecule is CC1CCN(C(=O)c2cccc(N)c2)C(C(=O)O)C1. The lowest BCUT2D eigenvalue weighted by atomic mass is 9.92. The number of nitrogen functional groups attached to an aromatic ring is 1. The molecule has 0 spiro atoms. The van der Waals surface area contributed by atoms with Gasteiger partial charge in [-0.3, -0.25) is 4.79 Å². The van der Waals surface area contributed by atoms with Crippen LogP contribution in [0.15, 0.2) is 24.3 Å². The van der Waals surface area contributed by atoms with E-state index in [9.17, 15) is 14.7 Å². The Labute approximate surface area is 112 Å². The number of benzene rings is 1. The van der Waals surface area contributed by atoms with Crippen molar-refractivity contribution in [3.63, 3.8) is 0 Å². The van der Waals surface area contributed by atoms with Gasteiger partial charge in [-0.15, -0.1) is 0 Å². The van der Waals surface area contributed by atoms with Gasteiger partial charge in [-0.2, -0.15) is 0 Å². The van der Waals surface area contributed by atoms with Gasteiger partial charge in [0.1, 0.15) is 6.04 Å². The molecule has 5 nitrogen and oxygen atoms in total. The Morgan fingerprint density at radius 1 is 1.42 bits per heavy atom. The molecule has 1 aromatic carbocycles. The molecule has 3 N–H and O–H groups in total. The lowest BCUT2D eigenvalue weighted by Gasteiger charge is -2.36. The minimum absolute atomic E-state index is 0.258. The molecule has 5 heteroatoms. The van der Waals surface area contributed by atoms with E-state index in [-0.39, 0.29) is 5.91 Å². The highest BCUT2D eigenvalue weighted by molar-refractivity contribution is 5.97. The molecule has 0 bridgehead atoms. The topological polar surface area (TPSA) is 83.6 Å². The predicted octanol–water partition coefficient (Wildman–Crippen LogP) is 1.59. The number of amides is 1. The van der Waals surface area contributed by atoms with Crippen molar-refractivity contribution < 1.29 is 14.7 Å². The zero-order valence-corrected chi connectivity index (χ0v) is 10.9. The fourth-order valence-corrected chi connectivity index (χ4v) is 2.46. The van der Waals surface area contributed by atoms with Gasteiger partial charge in [0.05, 0.1) is 0 Å². The maximum atomic E-state index is 12.4. The smallest absolute Gasteiger partial charge is 0.326 e. The molecule has 2 atom stereocenters. The number of carboxylic acid groups (broad SMARTS) is 1. The van der Waals surface area contributed by atoms with Crippen LogP contribution in [0, 0.1) is 5.92 Å². The zero-order valence-electron chi connectivity index (χ0n) is 10.9. The Kier molecular flexibility index (Phi) is 3.74. The van der Waals surface area contributed by atoms with Crippen LogP contribution < -0.4 is 5.73 Å². The van der Waals surface area contributed by atoms with Crippen LogP contribution in [0.25, 0.3) is 0 Å². The fourth-order valence-electron chi connectivity index (χ4n) is 2.46. The molecule has 0 saturated carbocycles. The molecule has 0 aliphatic carbocycles. The van der Waals surface area contributed by atoms with E-state index >= 15 is 0 Å². The average Bonchev–Trinajstić information content (AvgIpc) is 2.37. The third kappa shape index (κ3) is 2.86. The number of aliphatic carboxylic acids is 1. The molecule has 1 amide bonds. The molecule has 1 heterocycles.